The van der Waals surface area contributed by atoms with E-state index in [0.29, 0.717) is 6.61 Å². The number of amides is 1. The Labute approximate surface area is 120 Å². The minimum atomic E-state index is -0.199. The van der Waals surface area contributed by atoms with Gasteiger partial charge in [-0.25, -0.2) is 4.79 Å². The lowest BCUT2D eigenvalue weighted by Gasteiger charge is -2.33. The van der Waals surface area contributed by atoms with Crippen molar-refractivity contribution >= 4 is 18.5 Å². The molecule has 0 unspecified atom stereocenters. The summed E-state index contributed by atoms with van der Waals surface area (Å²) in [5.41, 5.74) is 1.07. The van der Waals surface area contributed by atoms with Crippen LogP contribution in [0.15, 0.2) is 24.4 Å². The average molecular weight is 286 g/mol. The van der Waals surface area contributed by atoms with E-state index in [2.05, 4.69) is 9.88 Å². The van der Waals surface area contributed by atoms with Gasteiger partial charge in [-0.3, -0.25) is 9.88 Å². The Morgan fingerprint density at radius 1 is 1.32 bits per heavy atom. The number of halogens is 1. The number of hydrogen-bond donors (Lipinski definition) is 0. The first-order valence-corrected chi connectivity index (χ1v) is 6.33. The number of piperazine rings is 1. The largest absolute Gasteiger partial charge is 0.450 e. The van der Waals surface area contributed by atoms with Crippen LogP contribution in [-0.4, -0.2) is 53.7 Å². The number of ether oxygens (including phenoxy) is 1. The van der Waals surface area contributed by atoms with E-state index < -0.39 is 0 Å². The highest BCUT2D eigenvalue weighted by Gasteiger charge is 2.21. The summed E-state index contributed by atoms with van der Waals surface area (Å²) in [6.07, 6.45) is 1.61. The molecule has 0 aromatic carbocycles. The summed E-state index contributed by atoms with van der Waals surface area (Å²) in [6, 6.07) is 5.94. The molecule has 5 nitrogen and oxygen atoms in total. The van der Waals surface area contributed by atoms with Gasteiger partial charge < -0.3 is 9.64 Å². The fourth-order valence-corrected chi connectivity index (χ4v) is 2.02. The summed E-state index contributed by atoms with van der Waals surface area (Å²) in [5.74, 6) is 0. The first-order valence-electron chi connectivity index (χ1n) is 6.33. The molecule has 0 radical (unpaired) electrons. The fraction of sp³-hybridized carbons (Fsp3) is 0.538. The second-order valence-electron chi connectivity index (χ2n) is 4.28. The Morgan fingerprint density at radius 3 is 2.63 bits per heavy atom. The van der Waals surface area contributed by atoms with Crippen molar-refractivity contribution in [3.05, 3.63) is 30.1 Å². The molecule has 1 aromatic rings. The maximum atomic E-state index is 11.5. The zero-order valence-electron chi connectivity index (χ0n) is 11.1. The molecule has 19 heavy (non-hydrogen) atoms. The van der Waals surface area contributed by atoms with Gasteiger partial charge in [-0.2, -0.15) is 0 Å². The molecule has 1 amide bonds. The van der Waals surface area contributed by atoms with Crippen LogP contribution in [0.25, 0.3) is 0 Å². The lowest BCUT2D eigenvalue weighted by molar-refractivity contribution is 0.0775. The maximum Gasteiger partial charge on any atom is 0.409 e. The molecule has 6 heteroatoms. The number of aromatic nitrogens is 1. The first kappa shape index (κ1) is 15.7. The third-order valence-corrected chi connectivity index (χ3v) is 3.01. The molecule has 2 rings (SSSR count). The molecule has 0 bridgehead atoms. The fourth-order valence-electron chi connectivity index (χ4n) is 2.02. The predicted molar refractivity (Wildman–Crippen MR) is 75.4 cm³/mol. The minimum Gasteiger partial charge on any atom is -0.450 e. The van der Waals surface area contributed by atoms with Crippen molar-refractivity contribution < 1.29 is 9.53 Å². The Kier molecular flexibility index (Phi) is 6.59. The van der Waals surface area contributed by atoms with Gasteiger partial charge in [0.05, 0.1) is 12.3 Å². The molecule has 0 spiro atoms. The number of carbonyl (C=O) groups is 1. The summed E-state index contributed by atoms with van der Waals surface area (Å²) in [5, 5.41) is 0. The van der Waals surface area contributed by atoms with Crippen LogP contribution < -0.4 is 0 Å². The normalized spacial score (nSPS) is 15.7. The molecule has 0 N–H and O–H groups in total. The van der Waals surface area contributed by atoms with E-state index in [4.69, 9.17) is 4.74 Å². The smallest absolute Gasteiger partial charge is 0.409 e. The van der Waals surface area contributed by atoms with Crippen LogP contribution in [0.5, 0.6) is 0 Å². The minimum absolute atomic E-state index is 0. The Balaban J connectivity index is 0.00000180. The Morgan fingerprint density at radius 2 is 2.05 bits per heavy atom. The van der Waals surface area contributed by atoms with Gasteiger partial charge >= 0.3 is 6.09 Å². The van der Waals surface area contributed by atoms with Crippen LogP contribution in [-0.2, 0) is 11.3 Å². The topological polar surface area (TPSA) is 45.7 Å². The number of nitrogens with zero attached hydrogens (tertiary/aromatic N) is 3. The van der Waals surface area contributed by atoms with Crippen molar-refractivity contribution in [3.63, 3.8) is 0 Å². The van der Waals surface area contributed by atoms with E-state index >= 15 is 0 Å². The van der Waals surface area contributed by atoms with E-state index in [1.54, 1.807) is 4.90 Å². The molecule has 0 aliphatic carbocycles. The summed E-state index contributed by atoms with van der Waals surface area (Å²) in [4.78, 5) is 19.9. The van der Waals surface area contributed by atoms with Crippen LogP contribution in [0.1, 0.15) is 12.6 Å². The summed E-state index contributed by atoms with van der Waals surface area (Å²) >= 11 is 0. The number of rotatable bonds is 3. The van der Waals surface area contributed by atoms with E-state index in [0.717, 1.165) is 38.4 Å². The van der Waals surface area contributed by atoms with Gasteiger partial charge in [0.15, 0.2) is 0 Å². The van der Waals surface area contributed by atoms with E-state index in [9.17, 15) is 4.79 Å². The Hall–Kier alpha value is -1.33. The number of pyridine rings is 1. The van der Waals surface area contributed by atoms with Gasteiger partial charge in [0.25, 0.3) is 0 Å². The molecule has 106 valence electrons. The SMILES string of the molecule is CCOC(=O)N1CCN(Cc2ccccn2)CC1.Cl. The molecule has 2 heterocycles. The highest BCUT2D eigenvalue weighted by Crippen LogP contribution is 2.07. The third-order valence-electron chi connectivity index (χ3n) is 3.01. The predicted octanol–water partition coefficient (Wildman–Crippen LogP) is 1.78. The van der Waals surface area contributed by atoms with Crippen LogP contribution >= 0.6 is 12.4 Å². The van der Waals surface area contributed by atoms with Gasteiger partial charge in [0, 0.05) is 38.9 Å². The van der Waals surface area contributed by atoms with E-state index in [-0.39, 0.29) is 18.5 Å². The third kappa shape index (κ3) is 4.69. The average Bonchev–Trinajstić information content (AvgIpc) is 2.41. The lowest BCUT2D eigenvalue weighted by Crippen LogP contribution is -2.48. The molecule has 1 aromatic heterocycles. The number of carbonyl (C=O) groups excluding carboxylic acids is 1. The van der Waals surface area contributed by atoms with Crippen LogP contribution in [0, 0.1) is 0 Å². The zero-order valence-corrected chi connectivity index (χ0v) is 11.9. The monoisotopic (exact) mass is 285 g/mol. The van der Waals surface area contributed by atoms with Gasteiger partial charge in [0.2, 0.25) is 0 Å². The second-order valence-corrected chi connectivity index (χ2v) is 4.28. The maximum absolute atomic E-state index is 11.5. The lowest BCUT2D eigenvalue weighted by atomic mass is 10.3. The number of hydrogen-bond acceptors (Lipinski definition) is 4. The zero-order chi connectivity index (χ0) is 12.8. The molecular formula is C13H20ClN3O2. The molecule has 1 aliphatic heterocycles. The van der Waals surface area contributed by atoms with Gasteiger partial charge in [-0.1, -0.05) is 6.07 Å². The summed E-state index contributed by atoms with van der Waals surface area (Å²) in [7, 11) is 0. The van der Waals surface area contributed by atoms with Crippen LogP contribution in [0.3, 0.4) is 0 Å². The standard InChI is InChI=1S/C13H19N3O2.ClH/c1-2-18-13(17)16-9-7-15(8-10-16)11-12-5-3-4-6-14-12;/h3-6H,2,7-11H2,1H3;1H. The van der Waals surface area contributed by atoms with Crippen LogP contribution in [0.4, 0.5) is 4.79 Å². The molecule has 1 fully saturated rings. The molecule has 1 saturated heterocycles. The highest BCUT2D eigenvalue weighted by atomic mass is 35.5. The van der Waals surface area contributed by atoms with Gasteiger partial charge in [0.1, 0.15) is 0 Å². The van der Waals surface area contributed by atoms with Crippen LogP contribution in [0.2, 0.25) is 0 Å². The second kappa shape index (κ2) is 7.96. The van der Waals surface area contributed by atoms with Gasteiger partial charge in [-0.15, -0.1) is 12.4 Å². The highest BCUT2D eigenvalue weighted by molar-refractivity contribution is 5.85. The van der Waals surface area contributed by atoms with E-state index in [1.165, 1.54) is 0 Å². The van der Waals surface area contributed by atoms with Crippen molar-refractivity contribution in [1.82, 2.24) is 14.8 Å². The summed E-state index contributed by atoms with van der Waals surface area (Å²) < 4.78 is 4.99. The van der Waals surface area contributed by atoms with Crippen molar-refractivity contribution in [2.75, 3.05) is 32.8 Å². The quantitative estimate of drug-likeness (QED) is 0.849. The van der Waals surface area contributed by atoms with E-state index in [1.807, 2.05) is 31.3 Å². The Bertz CT molecular complexity index is 381. The van der Waals surface area contributed by atoms with Crippen molar-refractivity contribution in [1.29, 1.82) is 0 Å². The first-order chi connectivity index (χ1) is 8.79. The summed E-state index contributed by atoms with van der Waals surface area (Å²) in [6.45, 7) is 6.31. The molecule has 1 aliphatic rings. The van der Waals surface area contributed by atoms with Crippen molar-refractivity contribution in [2.45, 2.75) is 13.5 Å². The van der Waals surface area contributed by atoms with Crippen molar-refractivity contribution in [3.8, 4) is 0 Å². The molecular weight excluding hydrogens is 266 g/mol. The molecule has 0 saturated carbocycles. The van der Waals surface area contributed by atoms with Crippen molar-refractivity contribution in [2.24, 2.45) is 0 Å². The van der Waals surface area contributed by atoms with Gasteiger partial charge in [-0.05, 0) is 19.1 Å². The molecule has 0 atom stereocenters.